The predicted octanol–water partition coefficient (Wildman–Crippen LogP) is 2.22. The first-order valence-corrected chi connectivity index (χ1v) is 7.13. The third kappa shape index (κ3) is 4.67. The largest absolute Gasteiger partial charge is 0.355 e. The molecule has 0 aromatic heterocycles. The van der Waals surface area contributed by atoms with Crippen LogP contribution in [0.4, 0.5) is 0 Å². The van der Waals surface area contributed by atoms with Crippen molar-refractivity contribution >= 4 is 5.91 Å². The Morgan fingerprint density at radius 3 is 2.53 bits per heavy atom. The third-order valence-electron chi connectivity index (χ3n) is 3.62. The number of carbonyl (C=O) groups is 1. The van der Waals surface area contributed by atoms with Gasteiger partial charge in [0.05, 0.1) is 0 Å². The number of hydrogen-bond donors (Lipinski definition) is 2. The van der Waals surface area contributed by atoms with Gasteiger partial charge in [-0.15, -0.1) is 0 Å². The SMILES string of the molecule is CC(C)(CC(=O)NCCNC1CC1)c1ccccc1. The van der Waals surface area contributed by atoms with E-state index in [4.69, 9.17) is 0 Å². The van der Waals surface area contributed by atoms with Crippen LogP contribution in [0, 0.1) is 0 Å². The minimum Gasteiger partial charge on any atom is -0.355 e. The quantitative estimate of drug-likeness (QED) is 0.738. The van der Waals surface area contributed by atoms with Crippen molar-refractivity contribution in [1.82, 2.24) is 10.6 Å². The summed E-state index contributed by atoms with van der Waals surface area (Å²) < 4.78 is 0. The van der Waals surface area contributed by atoms with Crippen molar-refractivity contribution in [1.29, 1.82) is 0 Å². The number of benzene rings is 1. The summed E-state index contributed by atoms with van der Waals surface area (Å²) in [6, 6.07) is 10.9. The van der Waals surface area contributed by atoms with Crippen LogP contribution < -0.4 is 10.6 Å². The van der Waals surface area contributed by atoms with Gasteiger partial charge in [-0.1, -0.05) is 44.2 Å². The van der Waals surface area contributed by atoms with Crippen LogP contribution in [-0.4, -0.2) is 25.0 Å². The van der Waals surface area contributed by atoms with Gasteiger partial charge in [-0.2, -0.15) is 0 Å². The molecule has 19 heavy (non-hydrogen) atoms. The van der Waals surface area contributed by atoms with Crippen molar-refractivity contribution in [3.63, 3.8) is 0 Å². The Morgan fingerprint density at radius 1 is 1.21 bits per heavy atom. The molecule has 0 bridgehead atoms. The smallest absolute Gasteiger partial charge is 0.220 e. The lowest BCUT2D eigenvalue weighted by Gasteiger charge is -2.24. The van der Waals surface area contributed by atoms with Gasteiger partial charge in [0.2, 0.25) is 5.91 Å². The van der Waals surface area contributed by atoms with Crippen LogP contribution in [0.15, 0.2) is 30.3 Å². The maximum absolute atomic E-state index is 12.0. The second-order valence-electron chi connectivity index (χ2n) is 6.01. The van der Waals surface area contributed by atoms with Crippen molar-refractivity contribution in [2.75, 3.05) is 13.1 Å². The zero-order chi connectivity index (χ0) is 13.7. The molecule has 0 unspecified atom stereocenters. The topological polar surface area (TPSA) is 41.1 Å². The van der Waals surface area contributed by atoms with Gasteiger partial charge in [0.15, 0.2) is 0 Å². The van der Waals surface area contributed by atoms with Gasteiger partial charge in [-0.3, -0.25) is 4.79 Å². The van der Waals surface area contributed by atoms with Crippen LogP contribution in [0.3, 0.4) is 0 Å². The van der Waals surface area contributed by atoms with Crippen molar-refractivity contribution in [3.05, 3.63) is 35.9 Å². The van der Waals surface area contributed by atoms with E-state index in [1.807, 2.05) is 18.2 Å². The number of rotatable bonds is 7. The van der Waals surface area contributed by atoms with E-state index in [2.05, 4.69) is 36.6 Å². The van der Waals surface area contributed by atoms with Crippen molar-refractivity contribution in [2.45, 2.75) is 44.6 Å². The molecule has 2 rings (SSSR count). The molecule has 104 valence electrons. The van der Waals surface area contributed by atoms with E-state index in [1.54, 1.807) is 0 Å². The molecule has 0 aliphatic heterocycles. The highest BCUT2D eigenvalue weighted by Gasteiger charge is 2.24. The van der Waals surface area contributed by atoms with Gasteiger partial charge in [-0.05, 0) is 23.8 Å². The molecule has 1 aliphatic rings. The van der Waals surface area contributed by atoms with Crippen LogP contribution in [0.2, 0.25) is 0 Å². The van der Waals surface area contributed by atoms with Crippen LogP contribution in [0.5, 0.6) is 0 Å². The van der Waals surface area contributed by atoms with Gasteiger partial charge >= 0.3 is 0 Å². The fraction of sp³-hybridized carbons (Fsp3) is 0.562. The zero-order valence-electron chi connectivity index (χ0n) is 11.9. The summed E-state index contributed by atoms with van der Waals surface area (Å²) in [7, 11) is 0. The van der Waals surface area contributed by atoms with Crippen LogP contribution >= 0.6 is 0 Å². The van der Waals surface area contributed by atoms with Crippen molar-refractivity contribution < 1.29 is 4.79 Å². The van der Waals surface area contributed by atoms with Crippen molar-refractivity contribution in [3.8, 4) is 0 Å². The Balaban J connectivity index is 1.73. The summed E-state index contributed by atoms with van der Waals surface area (Å²) in [6.45, 7) is 5.83. The first-order valence-electron chi connectivity index (χ1n) is 7.13. The summed E-state index contributed by atoms with van der Waals surface area (Å²) in [5, 5.41) is 6.38. The van der Waals surface area contributed by atoms with Crippen molar-refractivity contribution in [2.24, 2.45) is 0 Å². The van der Waals surface area contributed by atoms with Crippen LogP contribution in [0.1, 0.15) is 38.7 Å². The number of carbonyl (C=O) groups excluding carboxylic acids is 1. The molecule has 1 saturated carbocycles. The Kier molecular flexibility index (Phi) is 4.59. The standard InChI is InChI=1S/C16H24N2O/c1-16(2,13-6-4-3-5-7-13)12-15(19)18-11-10-17-14-8-9-14/h3-7,14,17H,8-12H2,1-2H3,(H,18,19). The second kappa shape index (κ2) is 6.20. The molecule has 0 atom stereocenters. The predicted molar refractivity (Wildman–Crippen MR) is 78.1 cm³/mol. The van der Waals surface area contributed by atoms with E-state index >= 15 is 0 Å². The third-order valence-corrected chi connectivity index (χ3v) is 3.62. The highest BCUT2D eigenvalue weighted by molar-refractivity contribution is 5.77. The molecule has 1 aromatic rings. The number of nitrogens with one attached hydrogen (secondary N) is 2. The molecule has 1 aliphatic carbocycles. The zero-order valence-corrected chi connectivity index (χ0v) is 11.9. The molecule has 2 N–H and O–H groups in total. The first kappa shape index (κ1) is 14.1. The van der Waals surface area contributed by atoms with Crippen LogP contribution in [0.25, 0.3) is 0 Å². The molecule has 1 fully saturated rings. The minimum absolute atomic E-state index is 0.116. The number of amides is 1. The van der Waals surface area contributed by atoms with Gasteiger partial charge < -0.3 is 10.6 Å². The first-order chi connectivity index (χ1) is 9.08. The molecule has 1 amide bonds. The van der Waals surface area contributed by atoms with Crippen LogP contribution in [-0.2, 0) is 10.2 Å². The van der Waals surface area contributed by atoms with Gasteiger partial charge in [0.25, 0.3) is 0 Å². The molecule has 0 saturated heterocycles. The lowest BCUT2D eigenvalue weighted by Crippen LogP contribution is -2.35. The van der Waals surface area contributed by atoms with E-state index in [0.717, 1.165) is 13.1 Å². The maximum atomic E-state index is 12.0. The summed E-state index contributed by atoms with van der Waals surface area (Å²) in [5.41, 5.74) is 1.09. The molecule has 3 nitrogen and oxygen atoms in total. The Morgan fingerprint density at radius 2 is 1.89 bits per heavy atom. The summed E-state index contributed by atoms with van der Waals surface area (Å²) >= 11 is 0. The highest BCUT2D eigenvalue weighted by Crippen LogP contribution is 2.26. The molecule has 0 heterocycles. The van der Waals surface area contributed by atoms with E-state index in [1.165, 1.54) is 18.4 Å². The fourth-order valence-electron chi connectivity index (χ4n) is 2.22. The second-order valence-corrected chi connectivity index (χ2v) is 6.01. The summed E-state index contributed by atoms with van der Waals surface area (Å²) in [6.07, 6.45) is 3.10. The van der Waals surface area contributed by atoms with Gasteiger partial charge in [-0.25, -0.2) is 0 Å². The lowest BCUT2D eigenvalue weighted by atomic mass is 9.81. The number of hydrogen-bond acceptors (Lipinski definition) is 2. The fourth-order valence-corrected chi connectivity index (χ4v) is 2.22. The lowest BCUT2D eigenvalue weighted by molar-refractivity contribution is -0.122. The summed E-state index contributed by atoms with van der Waals surface area (Å²) in [5.74, 6) is 0.131. The molecular weight excluding hydrogens is 236 g/mol. The average molecular weight is 260 g/mol. The van der Waals surface area contributed by atoms with E-state index < -0.39 is 0 Å². The normalized spacial score (nSPS) is 15.3. The Labute approximate surface area is 115 Å². The average Bonchev–Trinajstić information content (AvgIpc) is 3.19. The monoisotopic (exact) mass is 260 g/mol. The highest BCUT2D eigenvalue weighted by atomic mass is 16.1. The summed E-state index contributed by atoms with van der Waals surface area (Å²) in [4.78, 5) is 12.0. The minimum atomic E-state index is -0.116. The van der Waals surface area contributed by atoms with E-state index in [-0.39, 0.29) is 11.3 Å². The maximum Gasteiger partial charge on any atom is 0.220 e. The Bertz CT molecular complexity index is 410. The Hall–Kier alpha value is -1.35. The van der Waals surface area contributed by atoms with Gasteiger partial charge in [0, 0.05) is 25.6 Å². The molecule has 1 aromatic carbocycles. The van der Waals surface area contributed by atoms with Gasteiger partial charge in [0.1, 0.15) is 0 Å². The van der Waals surface area contributed by atoms with E-state index in [9.17, 15) is 4.79 Å². The molecule has 0 radical (unpaired) electrons. The van der Waals surface area contributed by atoms with E-state index in [0.29, 0.717) is 12.5 Å². The molecule has 0 spiro atoms. The molecular formula is C16H24N2O. The molecule has 3 heteroatoms.